The lowest BCUT2D eigenvalue weighted by atomic mass is 9.79. The van der Waals surface area contributed by atoms with E-state index in [1.54, 1.807) is 36.1 Å². The Morgan fingerprint density at radius 1 is 1.34 bits per heavy atom. The Kier molecular flexibility index (Phi) is 5.79. The number of benzene rings is 1. The molecule has 1 aromatic carbocycles. The van der Waals surface area contributed by atoms with Gasteiger partial charge in [-0.15, -0.1) is 11.3 Å². The van der Waals surface area contributed by atoms with E-state index in [-0.39, 0.29) is 0 Å². The molecule has 1 aliphatic heterocycles. The van der Waals surface area contributed by atoms with E-state index < -0.39 is 11.8 Å². The number of allylic oxidation sites excluding steroid dienone is 1. The summed E-state index contributed by atoms with van der Waals surface area (Å²) >= 11 is 1.48. The zero-order chi connectivity index (χ0) is 22.8. The summed E-state index contributed by atoms with van der Waals surface area (Å²) in [6.07, 6.45) is 3.47. The SMILES string of the molecule is COc1cc(C#N)ccc1[C@@H]1C(C(N)=O)=C(C)Nc2c(C)cnc(OCc3cncs3)c21. The van der Waals surface area contributed by atoms with Crippen LogP contribution in [-0.2, 0) is 11.4 Å². The molecule has 4 rings (SSSR count). The van der Waals surface area contributed by atoms with Crippen LogP contribution in [-0.4, -0.2) is 23.0 Å². The lowest BCUT2D eigenvalue weighted by molar-refractivity contribution is -0.114. The summed E-state index contributed by atoms with van der Waals surface area (Å²) in [4.78, 5) is 22.1. The monoisotopic (exact) mass is 447 g/mol. The van der Waals surface area contributed by atoms with Gasteiger partial charge in [0.25, 0.3) is 0 Å². The average Bonchev–Trinajstić information content (AvgIpc) is 3.31. The molecule has 0 saturated carbocycles. The van der Waals surface area contributed by atoms with Crippen molar-refractivity contribution >= 4 is 22.9 Å². The van der Waals surface area contributed by atoms with E-state index >= 15 is 0 Å². The van der Waals surface area contributed by atoms with Gasteiger partial charge in [-0.2, -0.15) is 5.26 Å². The summed E-state index contributed by atoms with van der Waals surface area (Å²) < 4.78 is 11.7. The minimum absolute atomic E-state index is 0.291. The first-order valence-corrected chi connectivity index (χ1v) is 10.7. The number of amides is 1. The quantitative estimate of drug-likeness (QED) is 0.591. The molecule has 2 aromatic heterocycles. The van der Waals surface area contributed by atoms with Gasteiger partial charge < -0.3 is 20.5 Å². The topological polar surface area (TPSA) is 123 Å². The summed E-state index contributed by atoms with van der Waals surface area (Å²) in [5.74, 6) is -0.292. The third kappa shape index (κ3) is 3.76. The van der Waals surface area contributed by atoms with Gasteiger partial charge in [0.05, 0.1) is 46.3 Å². The minimum atomic E-state index is -0.588. The van der Waals surface area contributed by atoms with Gasteiger partial charge in [0.15, 0.2) is 0 Å². The first kappa shape index (κ1) is 21.3. The standard InChI is InChI=1S/C23H21N5O3S/c1-12-8-27-23(31-10-15-9-26-11-32-15)20-19(18(22(25)29)13(2)28-21(12)20)16-5-4-14(7-24)6-17(16)30-3/h4-6,8-9,11,19,28H,10H2,1-3H3,(H2,25,29)/t19-/m1/s1. The van der Waals surface area contributed by atoms with E-state index in [4.69, 9.17) is 15.2 Å². The van der Waals surface area contributed by atoms with Crippen molar-refractivity contribution in [1.82, 2.24) is 9.97 Å². The predicted octanol–water partition coefficient (Wildman–Crippen LogP) is 3.62. The molecule has 8 nitrogen and oxygen atoms in total. The van der Waals surface area contributed by atoms with Crippen LogP contribution in [0.4, 0.5) is 5.69 Å². The van der Waals surface area contributed by atoms with Crippen LogP contribution in [0.3, 0.4) is 0 Å². The second-order valence-electron chi connectivity index (χ2n) is 7.32. The number of pyridine rings is 1. The molecule has 0 aliphatic carbocycles. The van der Waals surface area contributed by atoms with E-state index in [9.17, 15) is 10.1 Å². The van der Waals surface area contributed by atoms with Gasteiger partial charge in [-0.1, -0.05) is 6.07 Å². The van der Waals surface area contributed by atoms with E-state index in [1.165, 1.54) is 18.4 Å². The van der Waals surface area contributed by atoms with Gasteiger partial charge >= 0.3 is 0 Å². The number of nitrogens with zero attached hydrogens (tertiary/aromatic N) is 3. The van der Waals surface area contributed by atoms with Crippen LogP contribution in [0.2, 0.25) is 0 Å². The number of aryl methyl sites for hydroxylation is 1. The Balaban J connectivity index is 1.93. The number of methoxy groups -OCH3 is 1. The number of fused-ring (bicyclic) bond motifs is 1. The first-order valence-electron chi connectivity index (χ1n) is 9.79. The van der Waals surface area contributed by atoms with Crippen LogP contribution < -0.4 is 20.5 Å². The average molecular weight is 448 g/mol. The number of nitrogens with two attached hydrogens (primary N) is 1. The van der Waals surface area contributed by atoms with Crippen LogP contribution in [0.1, 0.15) is 40.0 Å². The zero-order valence-corrected chi connectivity index (χ0v) is 18.6. The highest BCUT2D eigenvalue weighted by Crippen LogP contribution is 2.48. The molecule has 3 heterocycles. The van der Waals surface area contributed by atoms with E-state index in [2.05, 4.69) is 21.4 Å². The molecule has 1 amide bonds. The van der Waals surface area contributed by atoms with E-state index in [0.29, 0.717) is 46.2 Å². The Hall–Kier alpha value is -3.90. The number of anilines is 1. The van der Waals surface area contributed by atoms with Crippen molar-refractivity contribution in [3.8, 4) is 17.7 Å². The molecule has 32 heavy (non-hydrogen) atoms. The number of primary amides is 1. The highest BCUT2D eigenvalue weighted by molar-refractivity contribution is 7.09. The summed E-state index contributed by atoms with van der Waals surface area (Å²) in [5.41, 5.74) is 12.1. The van der Waals surface area contributed by atoms with Crippen molar-refractivity contribution in [2.45, 2.75) is 26.4 Å². The summed E-state index contributed by atoms with van der Waals surface area (Å²) in [5, 5.41) is 12.6. The Labute approximate surface area is 189 Å². The fourth-order valence-electron chi connectivity index (χ4n) is 3.88. The fraction of sp³-hybridized carbons (Fsp3) is 0.217. The molecule has 1 aliphatic rings. The normalized spacial score (nSPS) is 14.9. The number of ether oxygens (including phenoxy) is 2. The second kappa shape index (κ2) is 8.69. The van der Waals surface area contributed by atoms with E-state index in [1.807, 2.05) is 13.8 Å². The van der Waals surface area contributed by atoms with Gasteiger partial charge in [-0.25, -0.2) is 4.98 Å². The summed E-state index contributed by atoms with van der Waals surface area (Å²) in [6.45, 7) is 4.03. The predicted molar refractivity (Wildman–Crippen MR) is 120 cm³/mol. The van der Waals surface area contributed by atoms with Crippen LogP contribution in [0.25, 0.3) is 0 Å². The second-order valence-corrected chi connectivity index (χ2v) is 8.29. The first-order chi connectivity index (χ1) is 15.4. The Bertz CT molecular complexity index is 1260. The molecule has 0 saturated heterocycles. The molecule has 162 valence electrons. The smallest absolute Gasteiger partial charge is 0.247 e. The maximum Gasteiger partial charge on any atom is 0.247 e. The number of rotatable bonds is 6. The minimum Gasteiger partial charge on any atom is -0.496 e. The van der Waals surface area contributed by atoms with Crippen molar-refractivity contribution in [2.24, 2.45) is 5.73 Å². The third-order valence-electron chi connectivity index (χ3n) is 5.34. The number of thiazole rings is 1. The number of nitriles is 1. The lowest BCUT2D eigenvalue weighted by Gasteiger charge is -2.32. The van der Waals surface area contributed by atoms with Crippen molar-refractivity contribution in [2.75, 3.05) is 12.4 Å². The highest BCUT2D eigenvalue weighted by atomic mass is 32.1. The molecule has 1 atom stereocenters. The number of aromatic nitrogens is 2. The lowest BCUT2D eigenvalue weighted by Crippen LogP contribution is -2.28. The molecule has 0 radical (unpaired) electrons. The highest BCUT2D eigenvalue weighted by Gasteiger charge is 2.37. The molecular weight excluding hydrogens is 426 g/mol. The molecule has 9 heteroatoms. The van der Waals surface area contributed by atoms with Gasteiger partial charge in [0.1, 0.15) is 12.4 Å². The summed E-state index contributed by atoms with van der Waals surface area (Å²) in [6, 6.07) is 7.23. The Morgan fingerprint density at radius 2 is 2.16 bits per heavy atom. The zero-order valence-electron chi connectivity index (χ0n) is 17.8. The largest absolute Gasteiger partial charge is 0.496 e. The molecule has 0 spiro atoms. The third-order valence-corrected chi connectivity index (χ3v) is 6.09. The molecular formula is C23H21N5O3S. The molecule has 3 N–H and O–H groups in total. The van der Waals surface area contributed by atoms with Crippen molar-refractivity contribution in [1.29, 1.82) is 5.26 Å². The molecule has 0 bridgehead atoms. The number of hydrogen-bond donors (Lipinski definition) is 2. The fourth-order valence-corrected chi connectivity index (χ4v) is 4.39. The number of carbonyl (C=O) groups excluding carboxylic acids is 1. The number of carbonyl (C=O) groups is 1. The van der Waals surface area contributed by atoms with Crippen LogP contribution in [0.15, 0.2) is 47.4 Å². The van der Waals surface area contributed by atoms with Crippen LogP contribution in [0, 0.1) is 18.3 Å². The van der Waals surface area contributed by atoms with E-state index in [0.717, 1.165) is 16.1 Å². The maximum absolute atomic E-state index is 12.6. The maximum atomic E-state index is 12.6. The molecule has 0 fully saturated rings. The van der Waals surface area contributed by atoms with Crippen molar-refractivity contribution in [3.05, 3.63) is 74.5 Å². The Morgan fingerprint density at radius 3 is 2.81 bits per heavy atom. The number of nitrogens with one attached hydrogen (secondary N) is 1. The van der Waals surface area contributed by atoms with Crippen LogP contribution >= 0.6 is 11.3 Å². The molecule has 0 unspecified atom stereocenters. The van der Waals surface area contributed by atoms with Crippen molar-refractivity contribution in [3.63, 3.8) is 0 Å². The van der Waals surface area contributed by atoms with Crippen LogP contribution in [0.5, 0.6) is 11.6 Å². The molecule has 3 aromatic rings. The van der Waals surface area contributed by atoms with Gasteiger partial charge in [-0.05, 0) is 31.5 Å². The summed E-state index contributed by atoms with van der Waals surface area (Å²) in [7, 11) is 1.53. The van der Waals surface area contributed by atoms with Gasteiger partial charge in [0.2, 0.25) is 11.8 Å². The number of hydrogen-bond acceptors (Lipinski definition) is 8. The van der Waals surface area contributed by atoms with Gasteiger partial charge in [-0.3, -0.25) is 9.78 Å². The van der Waals surface area contributed by atoms with Gasteiger partial charge in [0, 0.05) is 29.2 Å². The van der Waals surface area contributed by atoms with Crippen molar-refractivity contribution < 1.29 is 14.3 Å².